The molecule has 1 aliphatic heterocycles. The molecule has 0 aliphatic carbocycles. The lowest BCUT2D eigenvalue weighted by Gasteiger charge is -2.28. The van der Waals surface area contributed by atoms with Crippen molar-refractivity contribution >= 4 is 29.6 Å². The zero-order chi connectivity index (χ0) is 22.3. The maximum absolute atomic E-state index is 12.5. The number of carbonyl (C=O) groups is 5. The first-order valence-corrected chi connectivity index (χ1v) is 8.96. The number of nitrogens with zero attached hydrogens (tertiary/aromatic N) is 1. The second kappa shape index (κ2) is 10.7. The molecule has 0 radical (unpaired) electrons. The van der Waals surface area contributed by atoms with Gasteiger partial charge in [-0.3, -0.25) is 19.2 Å². The standard InChI is InChI=1S/C16H27N5O8/c1-7(23)12(18)14(26)19-8(5-11(17)24)13(25)20-9(6-22)15(27)21-4-2-3-10(21)16(28)29/h7-10,12,22-23H,2-6,18H2,1H3,(H2,17,24)(H,19,26)(H,20,25)(H,28,29). The van der Waals surface area contributed by atoms with E-state index >= 15 is 0 Å². The summed E-state index contributed by atoms with van der Waals surface area (Å²) in [7, 11) is 0. The van der Waals surface area contributed by atoms with Crippen molar-refractivity contribution in [1.82, 2.24) is 15.5 Å². The Hall–Kier alpha value is -2.77. The Bertz CT molecular complexity index is 655. The van der Waals surface area contributed by atoms with Crippen LogP contribution in [0.15, 0.2) is 0 Å². The number of hydrogen-bond acceptors (Lipinski definition) is 8. The Kier molecular flexibility index (Phi) is 8.94. The maximum Gasteiger partial charge on any atom is 0.326 e. The Balaban J connectivity index is 2.89. The van der Waals surface area contributed by atoms with E-state index in [0.717, 1.165) is 4.90 Å². The molecule has 0 saturated carbocycles. The number of amides is 4. The number of nitrogens with two attached hydrogens (primary N) is 2. The topological polar surface area (TPSA) is 225 Å². The molecule has 4 amide bonds. The first-order chi connectivity index (χ1) is 13.5. The number of carbonyl (C=O) groups excluding carboxylic acids is 4. The molecule has 9 N–H and O–H groups in total. The lowest BCUT2D eigenvalue weighted by molar-refractivity contribution is -0.150. The van der Waals surface area contributed by atoms with E-state index in [1.807, 2.05) is 0 Å². The van der Waals surface area contributed by atoms with Crippen LogP contribution < -0.4 is 22.1 Å². The van der Waals surface area contributed by atoms with Crippen molar-refractivity contribution in [1.29, 1.82) is 0 Å². The summed E-state index contributed by atoms with van der Waals surface area (Å²) in [6.07, 6.45) is -1.17. The lowest BCUT2D eigenvalue weighted by atomic mass is 10.1. The largest absolute Gasteiger partial charge is 0.480 e. The summed E-state index contributed by atoms with van der Waals surface area (Å²) in [4.78, 5) is 60.5. The van der Waals surface area contributed by atoms with Crippen LogP contribution in [0, 0.1) is 0 Å². The fraction of sp³-hybridized carbons (Fsp3) is 0.688. The number of aliphatic hydroxyl groups excluding tert-OH is 2. The first-order valence-electron chi connectivity index (χ1n) is 8.96. The predicted molar refractivity (Wildman–Crippen MR) is 96.8 cm³/mol. The van der Waals surface area contributed by atoms with Crippen molar-refractivity contribution in [2.75, 3.05) is 13.2 Å². The van der Waals surface area contributed by atoms with Crippen LogP contribution in [0.5, 0.6) is 0 Å². The van der Waals surface area contributed by atoms with Crippen molar-refractivity contribution in [3.63, 3.8) is 0 Å². The average Bonchev–Trinajstić information content (AvgIpc) is 3.13. The lowest BCUT2D eigenvalue weighted by Crippen LogP contribution is -2.59. The van der Waals surface area contributed by atoms with Gasteiger partial charge in [0.2, 0.25) is 23.6 Å². The van der Waals surface area contributed by atoms with Crippen molar-refractivity contribution in [2.45, 2.75) is 56.5 Å². The quantitative estimate of drug-likeness (QED) is 0.182. The number of rotatable bonds is 10. The SMILES string of the molecule is CC(O)C(N)C(=O)NC(CC(N)=O)C(=O)NC(CO)C(=O)N1CCCC1C(=O)O. The van der Waals surface area contributed by atoms with E-state index in [4.69, 9.17) is 11.5 Å². The third-order valence-corrected chi connectivity index (χ3v) is 4.48. The zero-order valence-electron chi connectivity index (χ0n) is 15.9. The van der Waals surface area contributed by atoms with Gasteiger partial charge < -0.3 is 42.3 Å². The third-order valence-electron chi connectivity index (χ3n) is 4.48. The summed E-state index contributed by atoms with van der Waals surface area (Å²) in [5.74, 6) is -4.89. The maximum atomic E-state index is 12.5. The summed E-state index contributed by atoms with van der Waals surface area (Å²) in [5, 5.41) is 32.4. The van der Waals surface area contributed by atoms with Crippen LogP contribution in [0.1, 0.15) is 26.2 Å². The van der Waals surface area contributed by atoms with Crippen LogP contribution in [0.3, 0.4) is 0 Å². The summed E-state index contributed by atoms with van der Waals surface area (Å²) < 4.78 is 0. The van der Waals surface area contributed by atoms with E-state index in [1.54, 1.807) is 0 Å². The molecular weight excluding hydrogens is 390 g/mol. The van der Waals surface area contributed by atoms with Crippen molar-refractivity contribution < 1.29 is 39.3 Å². The normalized spacial score (nSPS) is 20.3. The number of likely N-dealkylation sites (tertiary alicyclic amines) is 1. The van der Waals surface area contributed by atoms with Gasteiger partial charge in [0, 0.05) is 6.54 Å². The summed E-state index contributed by atoms with van der Waals surface area (Å²) in [6, 6.07) is -5.45. The fourth-order valence-electron chi connectivity index (χ4n) is 2.84. The molecule has 13 nitrogen and oxygen atoms in total. The van der Waals surface area contributed by atoms with Gasteiger partial charge in [-0.1, -0.05) is 0 Å². The highest BCUT2D eigenvalue weighted by Gasteiger charge is 2.38. The molecule has 1 heterocycles. The molecular formula is C16H27N5O8. The van der Waals surface area contributed by atoms with E-state index in [-0.39, 0.29) is 13.0 Å². The van der Waals surface area contributed by atoms with Gasteiger partial charge in [0.25, 0.3) is 0 Å². The van der Waals surface area contributed by atoms with Crippen LogP contribution in [0.25, 0.3) is 0 Å². The van der Waals surface area contributed by atoms with Gasteiger partial charge in [-0.05, 0) is 19.8 Å². The number of hydrogen-bond donors (Lipinski definition) is 7. The van der Waals surface area contributed by atoms with E-state index in [1.165, 1.54) is 6.92 Å². The van der Waals surface area contributed by atoms with Gasteiger partial charge in [0.05, 0.1) is 19.1 Å². The molecule has 1 fully saturated rings. The molecule has 5 atom stereocenters. The van der Waals surface area contributed by atoms with Crippen LogP contribution in [0.2, 0.25) is 0 Å². The first kappa shape index (κ1) is 24.3. The van der Waals surface area contributed by atoms with E-state index in [0.29, 0.717) is 6.42 Å². The summed E-state index contributed by atoms with van der Waals surface area (Å²) in [5.41, 5.74) is 10.6. The van der Waals surface area contributed by atoms with Crippen molar-refractivity contribution in [2.24, 2.45) is 11.5 Å². The van der Waals surface area contributed by atoms with Gasteiger partial charge in [-0.15, -0.1) is 0 Å². The fourth-order valence-corrected chi connectivity index (χ4v) is 2.84. The van der Waals surface area contributed by atoms with Gasteiger partial charge in [-0.25, -0.2) is 4.79 Å². The molecule has 1 rings (SSSR count). The summed E-state index contributed by atoms with van der Waals surface area (Å²) >= 11 is 0. The number of nitrogens with one attached hydrogen (secondary N) is 2. The molecule has 0 aromatic carbocycles. The Labute approximate surface area is 166 Å². The molecule has 1 saturated heterocycles. The molecule has 164 valence electrons. The second-order valence-corrected chi connectivity index (χ2v) is 6.77. The average molecular weight is 417 g/mol. The second-order valence-electron chi connectivity index (χ2n) is 6.77. The van der Waals surface area contributed by atoms with E-state index < -0.39 is 72.9 Å². The van der Waals surface area contributed by atoms with Gasteiger partial charge >= 0.3 is 5.97 Å². The zero-order valence-corrected chi connectivity index (χ0v) is 15.9. The monoisotopic (exact) mass is 417 g/mol. The number of carboxylic acids is 1. The minimum absolute atomic E-state index is 0.146. The Morgan fingerprint density at radius 3 is 2.21 bits per heavy atom. The number of primary amides is 1. The van der Waals surface area contributed by atoms with Crippen molar-refractivity contribution in [3.05, 3.63) is 0 Å². The molecule has 0 aromatic heterocycles. The number of aliphatic hydroxyl groups is 2. The number of carboxylic acid groups (broad SMARTS) is 1. The summed E-state index contributed by atoms with van der Waals surface area (Å²) in [6.45, 7) is 0.563. The molecule has 0 spiro atoms. The van der Waals surface area contributed by atoms with E-state index in [9.17, 15) is 39.3 Å². The van der Waals surface area contributed by atoms with E-state index in [2.05, 4.69) is 10.6 Å². The Morgan fingerprint density at radius 1 is 1.14 bits per heavy atom. The van der Waals surface area contributed by atoms with Crippen LogP contribution in [-0.4, -0.2) is 93.2 Å². The minimum atomic E-state index is -1.51. The molecule has 0 aromatic rings. The highest BCUT2D eigenvalue weighted by Crippen LogP contribution is 2.18. The van der Waals surface area contributed by atoms with Gasteiger partial charge in [0.1, 0.15) is 24.2 Å². The van der Waals surface area contributed by atoms with Crippen LogP contribution >= 0.6 is 0 Å². The van der Waals surface area contributed by atoms with Gasteiger partial charge in [0.15, 0.2) is 0 Å². The Morgan fingerprint density at radius 2 is 1.72 bits per heavy atom. The molecule has 0 bridgehead atoms. The molecule has 5 unspecified atom stereocenters. The minimum Gasteiger partial charge on any atom is -0.480 e. The molecule has 29 heavy (non-hydrogen) atoms. The smallest absolute Gasteiger partial charge is 0.326 e. The third kappa shape index (κ3) is 6.66. The van der Waals surface area contributed by atoms with Crippen LogP contribution in [0.4, 0.5) is 0 Å². The highest BCUT2D eigenvalue weighted by atomic mass is 16.4. The van der Waals surface area contributed by atoms with Crippen LogP contribution in [-0.2, 0) is 24.0 Å². The highest BCUT2D eigenvalue weighted by molar-refractivity contribution is 5.96. The predicted octanol–water partition coefficient (Wildman–Crippen LogP) is -4.39. The molecule has 1 aliphatic rings. The van der Waals surface area contributed by atoms with Crippen molar-refractivity contribution in [3.8, 4) is 0 Å². The molecule has 13 heteroatoms. The van der Waals surface area contributed by atoms with Gasteiger partial charge in [-0.2, -0.15) is 0 Å². The number of aliphatic carboxylic acids is 1.